The fraction of sp³-hybridized carbons (Fsp3) is 0.200. The number of fused-ring (bicyclic) bond motifs is 3. The van der Waals surface area contributed by atoms with Crippen molar-refractivity contribution in [2.45, 2.75) is 30.2 Å². The van der Waals surface area contributed by atoms with Crippen molar-refractivity contribution in [3.05, 3.63) is 99.6 Å². The molecule has 0 saturated carbocycles. The van der Waals surface area contributed by atoms with E-state index in [4.69, 9.17) is 23.2 Å². The van der Waals surface area contributed by atoms with Crippen LogP contribution in [0.2, 0.25) is 10.0 Å². The van der Waals surface area contributed by atoms with Crippen molar-refractivity contribution in [1.29, 1.82) is 0 Å². The topological polar surface area (TPSA) is 58.2 Å². The van der Waals surface area contributed by atoms with Crippen molar-refractivity contribution < 1.29 is 8.42 Å². The van der Waals surface area contributed by atoms with Crippen molar-refractivity contribution in [2.75, 3.05) is 10.0 Å². The molecule has 0 spiro atoms. The normalized spacial score (nSPS) is 21.5. The van der Waals surface area contributed by atoms with Gasteiger partial charge in [-0.2, -0.15) is 0 Å². The molecule has 2 aliphatic rings. The van der Waals surface area contributed by atoms with Gasteiger partial charge in [0.25, 0.3) is 10.0 Å². The van der Waals surface area contributed by atoms with Crippen LogP contribution < -0.4 is 10.0 Å². The first-order valence-corrected chi connectivity index (χ1v) is 12.7. The molecule has 3 aromatic rings. The zero-order chi connectivity index (χ0) is 22.5. The van der Waals surface area contributed by atoms with E-state index in [-0.39, 0.29) is 22.8 Å². The molecule has 4 nitrogen and oxygen atoms in total. The minimum absolute atomic E-state index is 0.0616. The van der Waals surface area contributed by atoms with Crippen LogP contribution in [0.5, 0.6) is 0 Å². The Bertz CT molecular complexity index is 1340. The monoisotopic (exact) mass is 484 g/mol. The van der Waals surface area contributed by atoms with E-state index >= 15 is 0 Å². The van der Waals surface area contributed by atoms with Gasteiger partial charge < -0.3 is 5.32 Å². The molecule has 0 radical (unpaired) electrons. The highest BCUT2D eigenvalue weighted by molar-refractivity contribution is 7.92. The first-order valence-electron chi connectivity index (χ1n) is 10.4. The molecule has 164 valence electrons. The summed E-state index contributed by atoms with van der Waals surface area (Å²) in [5, 5.41) is 4.86. The fourth-order valence-corrected chi connectivity index (χ4v) is 6.16. The molecule has 2 N–H and O–H groups in total. The maximum absolute atomic E-state index is 13.1. The number of sulfonamides is 1. The molecule has 1 aliphatic carbocycles. The first-order chi connectivity index (χ1) is 15.3. The van der Waals surface area contributed by atoms with Crippen molar-refractivity contribution in [2.24, 2.45) is 5.92 Å². The third kappa shape index (κ3) is 3.79. The zero-order valence-electron chi connectivity index (χ0n) is 17.3. The number of anilines is 2. The second kappa shape index (κ2) is 8.14. The van der Waals surface area contributed by atoms with Crippen molar-refractivity contribution >= 4 is 44.6 Å². The lowest BCUT2D eigenvalue weighted by Gasteiger charge is -2.38. The molecular weight excluding hydrogens is 463 g/mol. The van der Waals surface area contributed by atoms with Gasteiger partial charge in [0, 0.05) is 21.7 Å². The Balaban J connectivity index is 1.49. The summed E-state index contributed by atoms with van der Waals surface area (Å²) in [4.78, 5) is 0.227. The fourth-order valence-electron chi connectivity index (χ4n) is 4.65. The summed E-state index contributed by atoms with van der Waals surface area (Å²) in [6.45, 7) is 1.87. The van der Waals surface area contributed by atoms with Crippen molar-refractivity contribution in [1.82, 2.24) is 0 Å². The van der Waals surface area contributed by atoms with Gasteiger partial charge in [-0.15, -0.1) is 0 Å². The summed E-state index contributed by atoms with van der Waals surface area (Å²) in [5.74, 6) is 0.390. The molecular formula is C25H22Cl2N2O2S. The lowest BCUT2D eigenvalue weighted by Crippen LogP contribution is -2.29. The summed E-state index contributed by atoms with van der Waals surface area (Å²) >= 11 is 12.7. The van der Waals surface area contributed by atoms with E-state index < -0.39 is 10.0 Å². The molecule has 0 saturated heterocycles. The Kier molecular flexibility index (Phi) is 5.44. The number of benzene rings is 3. The van der Waals surface area contributed by atoms with E-state index in [1.807, 2.05) is 31.2 Å². The van der Waals surface area contributed by atoms with Crippen molar-refractivity contribution in [3.63, 3.8) is 0 Å². The van der Waals surface area contributed by atoms with E-state index in [2.05, 4.69) is 28.3 Å². The summed E-state index contributed by atoms with van der Waals surface area (Å²) in [7, 11) is -3.76. The number of nitrogens with one attached hydrogen (secondary N) is 2. The molecule has 3 aromatic carbocycles. The van der Waals surface area contributed by atoms with Crippen LogP contribution in [-0.4, -0.2) is 8.42 Å². The molecule has 32 heavy (non-hydrogen) atoms. The predicted molar refractivity (Wildman–Crippen MR) is 131 cm³/mol. The highest BCUT2D eigenvalue weighted by Crippen LogP contribution is 2.51. The van der Waals surface area contributed by atoms with Gasteiger partial charge in [0.05, 0.1) is 16.6 Å². The summed E-state index contributed by atoms with van der Waals surface area (Å²) in [6, 6.07) is 18.3. The van der Waals surface area contributed by atoms with Gasteiger partial charge in [-0.05, 0) is 72.4 Å². The lowest BCUT2D eigenvalue weighted by atomic mass is 9.77. The third-order valence-electron chi connectivity index (χ3n) is 6.31. The quantitative estimate of drug-likeness (QED) is 0.394. The van der Waals surface area contributed by atoms with E-state index in [0.29, 0.717) is 10.7 Å². The SMILES string of the molecule is Cc1ccc(NS(=O)(=O)c2ccc3c(c2)[C@H]2C=CC[C@H]2[C@@H](c2ccccc2Cl)N3)cc1Cl. The van der Waals surface area contributed by atoms with Crippen LogP contribution in [-0.2, 0) is 10.0 Å². The van der Waals surface area contributed by atoms with Crippen LogP contribution in [0, 0.1) is 12.8 Å². The van der Waals surface area contributed by atoms with Crippen molar-refractivity contribution in [3.8, 4) is 0 Å². The molecule has 5 rings (SSSR count). The van der Waals surface area contributed by atoms with Crippen LogP contribution in [0.4, 0.5) is 11.4 Å². The minimum Gasteiger partial charge on any atom is -0.378 e. The van der Waals surface area contributed by atoms with Gasteiger partial charge in [0.15, 0.2) is 0 Å². The van der Waals surface area contributed by atoms with Gasteiger partial charge in [-0.3, -0.25) is 4.72 Å². The minimum atomic E-state index is -3.76. The van der Waals surface area contributed by atoms with E-state index in [1.54, 1.807) is 30.3 Å². The Morgan fingerprint density at radius 1 is 0.969 bits per heavy atom. The standard InChI is InChI=1S/C25H22Cl2N2O2S/c1-15-9-10-16(13-23(15)27)29-32(30,31)17-11-12-24-21(14-17)18-6-4-7-19(18)25(28-24)20-5-2-3-8-22(20)26/h2-6,8-14,18-19,25,28-29H,7H2,1H3/t18-,19+,25-/m0/s1. The highest BCUT2D eigenvalue weighted by Gasteiger charge is 2.39. The maximum Gasteiger partial charge on any atom is 0.261 e. The maximum atomic E-state index is 13.1. The number of halogens is 2. The summed E-state index contributed by atoms with van der Waals surface area (Å²) < 4.78 is 28.8. The van der Waals surface area contributed by atoms with Crippen LogP contribution >= 0.6 is 23.2 Å². The third-order valence-corrected chi connectivity index (χ3v) is 8.44. The zero-order valence-corrected chi connectivity index (χ0v) is 19.7. The molecule has 0 unspecified atom stereocenters. The first kappa shape index (κ1) is 21.4. The lowest BCUT2D eigenvalue weighted by molar-refractivity contribution is 0.425. The number of allylic oxidation sites excluding steroid dienone is 2. The van der Waals surface area contributed by atoms with Gasteiger partial charge in [-0.25, -0.2) is 8.42 Å². The number of rotatable bonds is 4. The number of hydrogen-bond acceptors (Lipinski definition) is 3. The molecule has 0 amide bonds. The second-order valence-corrected chi connectivity index (χ2v) is 10.8. The van der Waals surface area contributed by atoms with Gasteiger partial charge in [0.2, 0.25) is 0 Å². The van der Waals surface area contributed by atoms with Crippen LogP contribution in [0.1, 0.15) is 35.1 Å². The Hall–Kier alpha value is -2.47. The largest absolute Gasteiger partial charge is 0.378 e. The Morgan fingerprint density at radius 2 is 1.78 bits per heavy atom. The number of aryl methyl sites for hydroxylation is 1. The molecule has 7 heteroatoms. The molecule has 0 bridgehead atoms. The van der Waals surface area contributed by atoms with Gasteiger partial charge >= 0.3 is 0 Å². The molecule has 1 aliphatic heterocycles. The van der Waals surface area contributed by atoms with Crippen LogP contribution in [0.15, 0.2) is 77.7 Å². The van der Waals surface area contributed by atoms with E-state index in [9.17, 15) is 8.42 Å². The van der Waals surface area contributed by atoms with Gasteiger partial charge in [0.1, 0.15) is 0 Å². The van der Waals surface area contributed by atoms with E-state index in [0.717, 1.165) is 33.8 Å². The average Bonchev–Trinajstić information content (AvgIpc) is 3.26. The molecule has 3 atom stereocenters. The number of hydrogen-bond donors (Lipinski definition) is 2. The van der Waals surface area contributed by atoms with Gasteiger partial charge in [-0.1, -0.05) is 59.6 Å². The Labute approximate surface area is 198 Å². The predicted octanol–water partition coefficient (Wildman–Crippen LogP) is 6.93. The molecule has 0 fully saturated rings. The smallest absolute Gasteiger partial charge is 0.261 e. The summed E-state index contributed by atoms with van der Waals surface area (Å²) in [6.07, 6.45) is 5.26. The Morgan fingerprint density at radius 3 is 2.56 bits per heavy atom. The average molecular weight is 485 g/mol. The van der Waals surface area contributed by atoms with Crippen LogP contribution in [0.25, 0.3) is 0 Å². The van der Waals surface area contributed by atoms with E-state index in [1.165, 1.54) is 0 Å². The summed E-state index contributed by atoms with van der Waals surface area (Å²) in [5.41, 5.74) is 4.31. The highest BCUT2D eigenvalue weighted by atomic mass is 35.5. The molecule has 1 heterocycles. The second-order valence-electron chi connectivity index (χ2n) is 8.32. The van der Waals surface area contributed by atoms with Crippen LogP contribution in [0.3, 0.4) is 0 Å². The molecule has 0 aromatic heterocycles.